The van der Waals surface area contributed by atoms with Gasteiger partial charge in [0.1, 0.15) is 6.04 Å². The van der Waals surface area contributed by atoms with E-state index in [9.17, 15) is 9.59 Å². The molecule has 0 aliphatic rings. The second kappa shape index (κ2) is 10.8. The molecule has 0 aromatic heterocycles. The van der Waals surface area contributed by atoms with E-state index >= 15 is 0 Å². The van der Waals surface area contributed by atoms with Gasteiger partial charge in [0.2, 0.25) is 0 Å². The van der Waals surface area contributed by atoms with Gasteiger partial charge in [-0.2, -0.15) is 0 Å². The third-order valence-corrected chi connectivity index (χ3v) is 3.71. The minimum atomic E-state index is -0.525. The van der Waals surface area contributed by atoms with Crippen LogP contribution in [0.15, 0.2) is 30.3 Å². The highest BCUT2D eigenvalue weighted by Crippen LogP contribution is 2.19. The van der Waals surface area contributed by atoms with Crippen molar-refractivity contribution in [2.75, 3.05) is 6.61 Å². The second-order valence-electron chi connectivity index (χ2n) is 5.53. The van der Waals surface area contributed by atoms with Gasteiger partial charge in [-0.3, -0.25) is 15.0 Å². The Morgan fingerprint density at radius 1 is 1.04 bits per heavy atom. The maximum absolute atomic E-state index is 12.2. The number of ether oxygens (including phenoxy) is 1. The molecule has 0 saturated heterocycles. The Bertz CT molecular complexity index is 470. The zero-order valence-corrected chi connectivity index (χ0v) is 14.3. The molecule has 2 N–H and O–H groups in total. The highest BCUT2D eigenvalue weighted by molar-refractivity contribution is 5.94. The van der Waals surface area contributed by atoms with Gasteiger partial charge in [0, 0.05) is 5.56 Å². The summed E-state index contributed by atoms with van der Waals surface area (Å²) < 4.78 is 5.16. The predicted molar refractivity (Wildman–Crippen MR) is 90.8 cm³/mol. The van der Waals surface area contributed by atoms with Gasteiger partial charge in [0.15, 0.2) is 0 Å². The van der Waals surface area contributed by atoms with E-state index in [-0.39, 0.29) is 17.8 Å². The Morgan fingerprint density at radius 3 is 2.17 bits per heavy atom. The Balaban J connectivity index is 2.75. The minimum absolute atomic E-state index is 0.139. The molecule has 1 aromatic carbocycles. The lowest BCUT2D eigenvalue weighted by Gasteiger charge is -2.26. The zero-order chi connectivity index (χ0) is 17.1. The van der Waals surface area contributed by atoms with Crippen LogP contribution in [-0.2, 0) is 9.53 Å². The van der Waals surface area contributed by atoms with Crippen LogP contribution < -0.4 is 10.9 Å². The van der Waals surface area contributed by atoms with E-state index in [1.807, 2.05) is 6.07 Å². The fraction of sp³-hybridized carbons (Fsp3) is 0.556. The molecule has 1 amide bonds. The lowest BCUT2D eigenvalue weighted by Crippen LogP contribution is -2.52. The normalized spacial score (nSPS) is 12.0. The summed E-state index contributed by atoms with van der Waals surface area (Å²) in [7, 11) is 0. The summed E-state index contributed by atoms with van der Waals surface area (Å²) in [5, 5.41) is 0. The number of amides is 1. The minimum Gasteiger partial charge on any atom is -0.465 e. The van der Waals surface area contributed by atoms with Gasteiger partial charge in [-0.05, 0) is 37.8 Å². The molecule has 0 fully saturated rings. The highest BCUT2D eigenvalue weighted by atomic mass is 16.5. The number of rotatable bonds is 10. The first kappa shape index (κ1) is 19.2. The van der Waals surface area contributed by atoms with Crippen molar-refractivity contribution >= 4 is 11.9 Å². The average molecular weight is 320 g/mol. The number of esters is 1. The molecule has 0 bridgehead atoms. The van der Waals surface area contributed by atoms with Gasteiger partial charge in [-0.25, -0.2) is 5.43 Å². The summed E-state index contributed by atoms with van der Waals surface area (Å²) in [6, 6.07) is 8.38. The number of carbonyl (C=O) groups excluding carboxylic acids is 2. The first-order valence-electron chi connectivity index (χ1n) is 8.41. The maximum atomic E-state index is 12.2. The van der Waals surface area contributed by atoms with Crippen molar-refractivity contribution in [2.45, 2.75) is 52.5 Å². The fourth-order valence-electron chi connectivity index (χ4n) is 2.63. The largest absolute Gasteiger partial charge is 0.465 e. The molecule has 1 aromatic rings. The fourth-order valence-corrected chi connectivity index (χ4v) is 2.63. The van der Waals surface area contributed by atoms with Crippen molar-refractivity contribution in [3.05, 3.63) is 35.9 Å². The molecule has 5 heteroatoms. The SMILES string of the molecule is CCCC(CCC)[C@H](NNC(=O)c1ccccc1)C(=O)OCC. The number of carbonyl (C=O) groups is 2. The van der Waals surface area contributed by atoms with Crippen molar-refractivity contribution in [1.82, 2.24) is 10.9 Å². The lowest BCUT2D eigenvalue weighted by molar-refractivity contribution is -0.147. The standard InChI is InChI=1S/C18H28N2O3/c1-4-10-14(11-5-2)16(18(22)23-6-3)19-20-17(21)15-12-8-7-9-13-15/h7-9,12-14,16,19H,4-6,10-11H2,1-3H3,(H,20,21)/t16-/m0/s1. The van der Waals surface area contributed by atoms with Gasteiger partial charge >= 0.3 is 5.97 Å². The summed E-state index contributed by atoms with van der Waals surface area (Å²) in [5.41, 5.74) is 6.09. The maximum Gasteiger partial charge on any atom is 0.325 e. The van der Waals surface area contributed by atoms with E-state index in [1.54, 1.807) is 31.2 Å². The van der Waals surface area contributed by atoms with Gasteiger partial charge in [-0.15, -0.1) is 0 Å². The molecule has 0 aliphatic carbocycles. The Kier molecular flexibility index (Phi) is 8.98. The molecule has 128 valence electrons. The van der Waals surface area contributed by atoms with Crippen LogP contribution in [0.2, 0.25) is 0 Å². The predicted octanol–water partition coefficient (Wildman–Crippen LogP) is 3.07. The average Bonchev–Trinajstić information content (AvgIpc) is 2.56. The van der Waals surface area contributed by atoms with E-state index in [1.165, 1.54) is 0 Å². The van der Waals surface area contributed by atoms with Crippen LogP contribution in [0.1, 0.15) is 56.8 Å². The monoisotopic (exact) mass is 320 g/mol. The number of benzene rings is 1. The van der Waals surface area contributed by atoms with E-state index in [0.717, 1.165) is 25.7 Å². The first-order chi connectivity index (χ1) is 11.1. The Labute approximate surface area is 138 Å². The second-order valence-corrected chi connectivity index (χ2v) is 5.53. The molecular formula is C18H28N2O3. The first-order valence-corrected chi connectivity index (χ1v) is 8.41. The van der Waals surface area contributed by atoms with E-state index in [0.29, 0.717) is 12.2 Å². The molecule has 5 nitrogen and oxygen atoms in total. The van der Waals surface area contributed by atoms with Crippen molar-refractivity contribution in [3.63, 3.8) is 0 Å². The molecule has 23 heavy (non-hydrogen) atoms. The summed E-state index contributed by atoms with van der Waals surface area (Å²) >= 11 is 0. The summed E-state index contributed by atoms with van der Waals surface area (Å²) in [6.45, 7) is 6.29. The van der Waals surface area contributed by atoms with Crippen molar-refractivity contribution in [3.8, 4) is 0 Å². The van der Waals surface area contributed by atoms with Crippen LogP contribution in [0.5, 0.6) is 0 Å². The van der Waals surface area contributed by atoms with Crippen LogP contribution in [0.4, 0.5) is 0 Å². The van der Waals surface area contributed by atoms with Gasteiger partial charge in [0.05, 0.1) is 6.61 Å². The molecule has 0 aliphatic heterocycles. The van der Waals surface area contributed by atoms with Gasteiger partial charge in [0.25, 0.3) is 5.91 Å². The molecule has 0 saturated carbocycles. The van der Waals surface area contributed by atoms with Crippen molar-refractivity contribution in [1.29, 1.82) is 0 Å². The third-order valence-electron chi connectivity index (χ3n) is 3.71. The number of hydrogen-bond donors (Lipinski definition) is 2. The van der Waals surface area contributed by atoms with Crippen molar-refractivity contribution < 1.29 is 14.3 Å². The van der Waals surface area contributed by atoms with Crippen molar-refractivity contribution in [2.24, 2.45) is 5.92 Å². The summed E-state index contributed by atoms with van der Waals surface area (Å²) in [5.74, 6) is -0.431. The molecule has 1 rings (SSSR count). The van der Waals surface area contributed by atoms with Gasteiger partial charge < -0.3 is 4.74 Å². The molecule has 0 unspecified atom stereocenters. The summed E-state index contributed by atoms with van der Waals surface area (Å²) in [6.07, 6.45) is 3.78. The van der Waals surface area contributed by atoms with E-state index < -0.39 is 6.04 Å². The molecule has 1 atom stereocenters. The Hall–Kier alpha value is -1.88. The Morgan fingerprint density at radius 2 is 1.65 bits per heavy atom. The molecular weight excluding hydrogens is 292 g/mol. The molecule has 0 spiro atoms. The smallest absolute Gasteiger partial charge is 0.325 e. The molecule has 0 radical (unpaired) electrons. The van der Waals surface area contributed by atoms with Gasteiger partial charge in [-0.1, -0.05) is 44.9 Å². The van der Waals surface area contributed by atoms with E-state index in [2.05, 4.69) is 24.7 Å². The lowest BCUT2D eigenvalue weighted by atomic mass is 9.91. The number of nitrogens with one attached hydrogen (secondary N) is 2. The zero-order valence-electron chi connectivity index (χ0n) is 14.3. The van der Waals surface area contributed by atoms with Crippen LogP contribution in [0, 0.1) is 5.92 Å². The highest BCUT2D eigenvalue weighted by Gasteiger charge is 2.28. The molecule has 0 heterocycles. The quantitative estimate of drug-likeness (QED) is 0.513. The van der Waals surface area contributed by atoms with Crippen LogP contribution in [0.3, 0.4) is 0 Å². The number of hydrazine groups is 1. The van der Waals surface area contributed by atoms with Crippen LogP contribution in [-0.4, -0.2) is 24.5 Å². The summed E-state index contributed by atoms with van der Waals surface area (Å²) in [4.78, 5) is 24.4. The third kappa shape index (κ3) is 6.40. The van der Waals surface area contributed by atoms with Crippen LogP contribution >= 0.6 is 0 Å². The van der Waals surface area contributed by atoms with Crippen LogP contribution in [0.25, 0.3) is 0 Å². The topological polar surface area (TPSA) is 67.4 Å². The number of hydrogen-bond acceptors (Lipinski definition) is 4. The van der Waals surface area contributed by atoms with E-state index in [4.69, 9.17) is 4.74 Å².